The number of rotatable bonds is 3. The van der Waals surface area contributed by atoms with E-state index >= 15 is 0 Å². The predicted octanol–water partition coefficient (Wildman–Crippen LogP) is -0.276. The molecule has 3 heterocycles. The number of hydrogen-bond acceptors (Lipinski definition) is 7. The number of anilines is 2. The summed E-state index contributed by atoms with van der Waals surface area (Å²) < 4.78 is 19.3. The third-order valence-electron chi connectivity index (χ3n) is 4.21. The van der Waals surface area contributed by atoms with Crippen LogP contribution in [0.1, 0.15) is 6.42 Å². The van der Waals surface area contributed by atoms with Crippen LogP contribution >= 0.6 is 0 Å². The molecule has 1 aromatic rings. The number of piperidine rings is 1. The van der Waals surface area contributed by atoms with E-state index in [1.165, 1.54) is 0 Å². The molecular weight excluding hydrogens is 307 g/mol. The summed E-state index contributed by atoms with van der Waals surface area (Å²) in [6.07, 6.45) is 0.411. The maximum atomic E-state index is 14.0. The average molecular weight is 326 g/mol. The van der Waals surface area contributed by atoms with Gasteiger partial charge in [0.1, 0.15) is 0 Å². The highest BCUT2D eigenvalue weighted by Crippen LogP contribution is 2.24. The van der Waals surface area contributed by atoms with Gasteiger partial charge in [-0.1, -0.05) is 0 Å². The first-order chi connectivity index (χ1) is 11.1. The van der Waals surface area contributed by atoms with Gasteiger partial charge >= 0.3 is 5.97 Å². The Labute approximate surface area is 132 Å². The minimum Gasteiger partial charge on any atom is -0.481 e. The number of halogens is 1. The standard InChI is InChI=1S/C14H19FN4O4/c15-10-7-16-14(17-12(10)18-3-5-23-6-4-18)19-2-1-9(13(21)22)11(20)8-19/h7,9,11,20H,1-6,8H2,(H,21,22)/t9-,11+/m0/s1. The molecule has 0 bridgehead atoms. The van der Waals surface area contributed by atoms with Gasteiger partial charge in [0.05, 0.1) is 31.4 Å². The largest absolute Gasteiger partial charge is 0.481 e. The molecule has 2 N–H and O–H groups in total. The first-order valence-electron chi connectivity index (χ1n) is 7.57. The Morgan fingerprint density at radius 3 is 2.70 bits per heavy atom. The van der Waals surface area contributed by atoms with Crippen LogP contribution in [0.3, 0.4) is 0 Å². The van der Waals surface area contributed by atoms with E-state index in [2.05, 4.69) is 9.97 Å². The van der Waals surface area contributed by atoms with Crippen molar-refractivity contribution in [3.63, 3.8) is 0 Å². The van der Waals surface area contributed by atoms with Crippen molar-refractivity contribution in [3.8, 4) is 0 Å². The van der Waals surface area contributed by atoms with Crippen molar-refractivity contribution in [2.24, 2.45) is 5.92 Å². The van der Waals surface area contributed by atoms with Gasteiger partial charge in [-0.3, -0.25) is 4.79 Å². The third-order valence-corrected chi connectivity index (χ3v) is 4.21. The van der Waals surface area contributed by atoms with Gasteiger partial charge in [0.25, 0.3) is 0 Å². The predicted molar refractivity (Wildman–Crippen MR) is 79.0 cm³/mol. The van der Waals surface area contributed by atoms with Crippen molar-refractivity contribution < 1.29 is 24.1 Å². The van der Waals surface area contributed by atoms with Gasteiger partial charge in [0, 0.05) is 26.2 Å². The zero-order valence-electron chi connectivity index (χ0n) is 12.6. The maximum absolute atomic E-state index is 14.0. The number of aromatic nitrogens is 2. The van der Waals surface area contributed by atoms with Crippen LogP contribution in [-0.2, 0) is 9.53 Å². The van der Waals surface area contributed by atoms with Crippen LogP contribution in [0.5, 0.6) is 0 Å². The summed E-state index contributed by atoms with van der Waals surface area (Å²) in [5, 5.41) is 19.0. The van der Waals surface area contributed by atoms with E-state index in [1.807, 2.05) is 0 Å². The van der Waals surface area contributed by atoms with E-state index < -0.39 is 23.8 Å². The zero-order valence-corrected chi connectivity index (χ0v) is 12.6. The molecule has 23 heavy (non-hydrogen) atoms. The van der Waals surface area contributed by atoms with E-state index in [0.717, 1.165) is 6.20 Å². The molecular formula is C14H19FN4O4. The summed E-state index contributed by atoms with van der Waals surface area (Å²) in [5.74, 6) is -1.78. The molecule has 9 heteroatoms. The van der Waals surface area contributed by atoms with Crippen molar-refractivity contribution in [1.29, 1.82) is 0 Å². The van der Waals surface area contributed by atoms with E-state index in [1.54, 1.807) is 9.80 Å². The van der Waals surface area contributed by atoms with Gasteiger partial charge in [-0.25, -0.2) is 9.37 Å². The lowest BCUT2D eigenvalue weighted by Crippen LogP contribution is -2.47. The van der Waals surface area contributed by atoms with E-state index in [0.29, 0.717) is 45.2 Å². The number of ether oxygens (including phenoxy) is 1. The lowest BCUT2D eigenvalue weighted by Gasteiger charge is -2.34. The maximum Gasteiger partial charge on any atom is 0.309 e. The smallest absolute Gasteiger partial charge is 0.309 e. The topological polar surface area (TPSA) is 99.0 Å². The van der Waals surface area contributed by atoms with Crippen molar-refractivity contribution >= 4 is 17.7 Å². The normalized spacial score (nSPS) is 25.5. The summed E-state index contributed by atoms with van der Waals surface area (Å²) in [4.78, 5) is 22.8. The summed E-state index contributed by atoms with van der Waals surface area (Å²) in [6.45, 7) is 2.66. The second kappa shape index (κ2) is 6.63. The second-order valence-corrected chi connectivity index (χ2v) is 5.69. The molecule has 2 saturated heterocycles. The zero-order chi connectivity index (χ0) is 16.4. The number of morpholine rings is 1. The highest BCUT2D eigenvalue weighted by molar-refractivity contribution is 5.71. The van der Waals surface area contributed by atoms with E-state index in [-0.39, 0.29) is 12.4 Å². The van der Waals surface area contributed by atoms with Crippen LogP contribution < -0.4 is 9.80 Å². The van der Waals surface area contributed by atoms with Gasteiger partial charge in [-0.15, -0.1) is 0 Å². The molecule has 0 unspecified atom stereocenters. The quantitative estimate of drug-likeness (QED) is 0.783. The van der Waals surface area contributed by atoms with Gasteiger partial charge in [-0.2, -0.15) is 4.98 Å². The first-order valence-corrected chi connectivity index (χ1v) is 7.57. The van der Waals surface area contributed by atoms with Gasteiger partial charge in [-0.05, 0) is 6.42 Å². The van der Waals surface area contributed by atoms with Crippen molar-refractivity contribution in [1.82, 2.24) is 9.97 Å². The van der Waals surface area contributed by atoms with Crippen molar-refractivity contribution in [2.45, 2.75) is 12.5 Å². The fraction of sp³-hybridized carbons (Fsp3) is 0.643. The molecule has 0 radical (unpaired) electrons. The molecule has 8 nitrogen and oxygen atoms in total. The molecule has 2 aliphatic rings. The summed E-state index contributed by atoms with van der Waals surface area (Å²) in [6, 6.07) is 0. The molecule has 0 aromatic carbocycles. The second-order valence-electron chi connectivity index (χ2n) is 5.69. The molecule has 2 atom stereocenters. The first kappa shape index (κ1) is 15.9. The lowest BCUT2D eigenvalue weighted by atomic mass is 9.94. The van der Waals surface area contributed by atoms with Crippen LogP contribution in [0.15, 0.2) is 6.20 Å². The van der Waals surface area contributed by atoms with Crippen molar-refractivity contribution in [2.75, 3.05) is 49.2 Å². The number of aliphatic hydroxyl groups excluding tert-OH is 1. The molecule has 2 aliphatic heterocycles. The third kappa shape index (κ3) is 3.35. The fourth-order valence-electron chi connectivity index (χ4n) is 2.90. The molecule has 0 aliphatic carbocycles. The Morgan fingerprint density at radius 2 is 2.04 bits per heavy atom. The van der Waals surface area contributed by atoms with Crippen molar-refractivity contribution in [3.05, 3.63) is 12.0 Å². The monoisotopic (exact) mass is 326 g/mol. The number of carboxylic acid groups (broad SMARTS) is 1. The van der Waals surface area contributed by atoms with Gasteiger partial charge in [0.15, 0.2) is 11.6 Å². The Kier molecular flexibility index (Phi) is 4.58. The van der Waals surface area contributed by atoms with Gasteiger partial charge < -0.3 is 24.7 Å². The molecule has 3 rings (SSSR count). The molecule has 1 aromatic heterocycles. The van der Waals surface area contributed by atoms with Crippen LogP contribution in [-0.4, -0.2) is 71.6 Å². The summed E-state index contributed by atoms with van der Waals surface area (Å²) >= 11 is 0. The number of nitrogens with zero attached hydrogens (tertiary/aromatic N) is 4. The van der Waals surface area contributed by atoms with Crippen LogP contribution in [0, 0.1) is 11.7 Å². The molecule has 2 fully saturated rings. The number of aliphatic hydroxyl groups is 1. The lowest BCUT2D eigenvalue weighted by molar-refractivity contribution is -0.146. The van der Waals surface area contributed by atoms with Crippen LogP contribution in [0.4, 0.5) is 16.2 Å². The molecule has 0 spiro atoms. The minimum absolute atomic E-state index is 0.116. The Morgan fingerprint density at radius 1 is 1.30 bits per heavy atom. The van der Waals surface area contributed by atoms with Gasteiger partial charge in [0.2, 0.25) is 5.95 Å². The van der Waals surface area contributed by atoms with E-state index in [4.69, 9.17) is 9.84 Å². The highest BCUT2D eigenvalue weighted by Gasteiger charge is 2.34. The Hall–Kier alpha value is -2.00. The number of carbonyl (C=O) groups is 1. The van der Waals surface area contributed by atoms with E-state index in [9.17, 15) is 14.3 Å². The molecule has 0 amide bonds. The highest BCUT2D eigenvalue weighted by atomic mass is 19.1. The summed E-state index contributed by atoms with van der Waals surface area (Å²) in [5.41, 5.74) is 0. The van der Waals surface area contributed by atoms with Crippen LogP contribution in [0.2, 0.25) is 0 Å². The number of β-amino-alcohol motifs (C(OH)–C–C–N with tert-alkyl or cyclic N) is 1. The number of aliphatic carboxylic acids is 1. The van der Waals surface area contributed by atoms with Crippen LogP contribution in [0.25, 0.3) is 0 Å². The summed E-state index contributed by atoms with van der Waals surface area (Å²) in [7, 11) is 0. The fourth-order valence-corrected chi connectivity index (χ4v) is 2.90. The Balaban J connectivity index is 1.77. The molecule has 0 saturated carbocycles. The Bertz CT molecular complexity index is 582. The molecule has 126 valence electrons. The number of hydrogen-bond donors (Lipinski definition) is 2. The number of carboxylic acids is 1. The average Bonchev–Trinajstić information content (AvgIpc) is 2.55. The SMILES string of the molecule is O=C(O)[C@H]1CCN(c2ncc(F)c(N3CCOCC3)n2)C[C@H]1O. The minimum atomic E-state index is -1.01.